The van der Waals surface area contributed by atoms with Crippen LogP contribution in [-0.4, -0.2) is 15.8 Å². The Bertz CT molecular complexity index is 2540. The van der Waals surface area contributed by atoms with E-state index in [1.807, 2.05) is 0 Å². The van der Waals surface area contributed by atoms with Gasteiger partial charge in [-0.05, 0) is 81.9 Å². The maximum atomic E-state index is 6.17. The highest BCUT2D eigenvalue weighted by Crippen LogP contribution is 2.35. The van der Waals surface area contributed by atoms with Crippen molar-refractivity contribution in [1.29, 1.82) is 0 Å². The summed E-state index contributed by atoms with van der Waals surface area (Å²) in [4.78, 5) is 0. The number of hydrogen-bond acceptors (Lipinski definition) is 0. The molecular formula is C49H37N2P. The van der Waals surface area contributed by atoms with E-state index in [1.54, 1.807) is 0 Å². The Labute approximate surface area is 307 Å². The molecule has 0 fully saturated rings. The van der Waals surface area contributed by atoms with Crippen LogP contribution in [0.15, 0.2) is 194 Å². The molecule has 0 radical (unpaired) electrons. The van der Waals surface area contributed by atoms with Crippen molar-refractivity contribution in [2.24, 2.45) is 0 Å². The highest BCUT2D eigenvalue weighted by molar-refractivity contribution is 7.15. The van der Waals surface area contributed by atoms with Crippen LogP contribution in [0.25, 0.3) is 88.4 Å². The van der Waals surface area contributed by atoms with Crippen molar-refractivity contribution in [3.05, 3.63) is 194 Å². The summed E-state index contributed by atoms with van der Waals surface area (Å²) in [5.41, 5.74) is 14.5. The second-order valence-electron chi connectivity index (χ2n) is 13.0. The quantitative estimate of drug-likeness (QED) is 0.160. The predicted octanol–water partition coefficient (Wildman–Crippen LogP) is 13.4. The second-order valence-corrected chi connectivity index (χ2v) is 13.0. The average molecular weight is 687 g/mol. The molecule has 52 heavy (non-hydrogen) atoms. The van der Waals surface area contributed by atoms with Gasteiger partial charge in [0.15, 0.2) is 0 Å². The normalized spacial score (nSPS) is 11.5. The summed E-state index contributed by atoms with van der Waals surface area (Å²) in [6.07, 6.45) is 0. The molecule has 0 bridgehead atoms. The summed E-state index contributed by atoms with van der Waals surface area (Å²) in [5, 5.41) is 5.13. The number of para-hydroxylation sites is 4. The lowest BCUT2D eigenvalue weighted by atomic mass is 9.98. The van der Waals surface area contributed by atoms with Crippen LogP contribution in [-0.2, 0) is 0 Å². The largest absolute Gasteiger partial charge is 0.309 e. The van der Waals surface area contributed by atoms with Crippen LogP contribution in [0.3, 0.4) is 0 Å². The number of benzene rings is 8. The van der Waals surface area contributed by atoms with Gasteiger partial charge in [-0.25, -0.2) is 0 Å². The number of aromatic nitrogens is 2. The van der Waals surface area contributed by atoms with Gasteiger partial charge in [-0.2, -0.15) is 0 Å². The molecule has 10 rings (SSSR count). The van der Waals surface area contributed by atoms with E-state index < -0.39 is 0 Å². The molecule has 2 nitrogen and oxygen atoms in total. The minimum atomic E-state index is 0.417. The zero-order valence-corrected chi connectivity index (χ0v) is 29.8. The molecule has 2 heterocycles. The molecular weight excluding hydrogens is 648 g/mol. The van der Waals surface area contributed by atoms with Crippen molar-refractivity contribution in [3.8, 4) is 44.8 Å². The smallest absolute Gasteiger partial charge is 0.0541 e. The molecule has 1 atom stereocenters. The molecule has 0 aliphatic carbocycles. The monoisotopic (exact) mass is 686 g/mol. The number of rotatable bonds is 5. The average Bonchev–Trinajstić information content (AvgIpc) is 3.75. The van der Waals surface area contributed by atoms with E-state index >= 15 is 0 Å². The van der Waals surface area contributed by atoms with Crippen LogP contribution >= 0.6 is 9.24 Å². The fraction of sp³-hybridized carbons (Fsp3) is 0.0204. The van der Waals surface area contributed by atoms with E-state index in [0.29, 0.717) is 6.64 Å². The predicted molar refractivity (Wildman–Crippen MR) is 227 cm³/mol. The molecule has 248 valence electrons. The standard InChI is InChI=1S/C48H32N2.CH5P/c1-5-13-45-41(9-1)42-10-2-6-14-46(42)49(45)39-29-25-37(26-30-39)35-21-17-33(18-22-35)34-19-23-36(24-20-34)38-27-31-40(32-28-38)50-47-15-7-3-11-43(47)44-12-4-8-16-48(44)50;1-2/h1-32H;2H2,1H3/i;1T. The lowest BCUT2D eigenvalue weighted by Crippen LogP contribution is -1.93. The van der Waals surface area contributed by atoms with Gasteiger partial charge in [0.1, 0.15) is 0 Å². The SMILES string of the molecule is [3H]CP.c1ccc2c(c1)c1ccccc1n2-c1ccc(-c2ccc(-c3ccc(-c4ccc(-n5c6ccccc6c6ccccc65)cc4)cc3)cc2)cc1. The fourth-order valence-electron chi connectivity index (χ4n) is 7.72. The van der Waals surface area contributed by atoms with Crippen LogP contribution in [0.1, 0.15) is 1.37 Å². The third-order valence-corrected chi connectivity index (χ3v) is 10.2. The third kappa shape index (κ3) is 5.41. The lowest BCUT2D eigenvalue weighted by molar-refractivity contribution is 1.18. The maximum Gasteiger partial charge on any atom is 0.0541 e. The van der Waals surface area contributed by atoms with Crippen LogP contribution in [0.4, 0.5) is 0 Å². The Balaban J connectivity index is 0.00000120. The second kappa shape index (κ2) is 13.5. The van der Waals surface area contributed by atoms with Gasteiger partial charge in [0.05, 0.1) is 22.1 Å². The molecule has 0 N–H and O–H groups in total. The minimum Gasteiger partial charge on any atom is -0.309 e. The van der Waals surface area contributed by atoms with Crippen molar-refractivity contribution in [2.45, 2.75) is 0 Å². The van der Waals surface area contributed by atoms with E-state index in [2.05, 4.69) is 212 Å². The number of hydrogen-bond donors (Lipinski definition) is 0. The lowest BCUT2D eigenvalue weighted by Gasteiger charge is -2.11. The summed E-state index contributed by atoms with van der Waals surface area (Å²) in [7, 11) is 2.25. The summed E-state index contributed by atoms with van der Waals surface area (Å²) in [6.45, 7) is 0.417. The van der Waals surface area contributed by atoms with Gasteiger partial charge in [0, 0.05) is 34.3 Å². The molecule has 8 aromatic carbocycles. The Morgan fingerprint density at radius 3 is 0.731 bits per heavy atom. The van der Waals surface area contributed by atoms with E-state index in [9.17, 15) is 0 Å². The number of nitrogens with zero attached hydrogens (tertiary/aromatic N) is 2. The Hall–Kier alpha value is -6.21. The van der Waals surface area contributed by atoms with Gasteiger partial charge >= 0.3 is 0 Å². The van der Waals surface area contributed by atoms with Gasteiger partial charge in [-0.3, -0.25) is 0 Å². The summed E-state index contributed by atoms with van der Waals surface area (Å²) in [6, 6.07) is 70.3. The first-order chi connectivity index (χ1) is 26.2. The van der Waals surface area contributed by atoms with Crippen LogP contribution in [0.5, 0.6) is 0 Å². The Morgan fingerprint density at radius 1 is 0.308 bits per heavy atom. The molecule has 0 saturated carbocycles. The maximum absolute atomic E-state index is 6.17. The summed E-state index contributed by atoms with van der Waals surface area (Å²) < 4.78 is 10.9. The van der Waals surface area contributed by atoms with Crippen molar-refractivity contribution in [3.63, 3.8) is 0 Å². The summed E-state index contributed by atoms with van der Waals surface area (Å²) in [5.74, 6) is 0. The topological polar surface area (TPSA) is 9.86 Å². The van der Waals surface area contributed by atoms with E-state index in [4.69, 9.17) is 1.37 Å². The highest BCUT2D eigenvalue weighted by atomic mass is 31.0. The van der Waals surface area contributed by atoms with E-state index in [-0.39, 0.29) is 0 Å². The molecule has 0 spiro atoms. The zero-order chi connectivity index (χ0) is 35.7. The Morgan fingerprint density at radius 2 is 0.500 bits per heavy atom. The van der Waals surface area contributed by atoms with Gasteiger partial charge in [0.25, 0.3) is 0 Å². The molecule has 0 saturated heterocycles. The first-order valence-corrected chi connectivity index (χ1v) is 18.4. The van der Waals surface area contributed by atoms with Gasteiger partial charge < -0.3 is 9.13 Å². The molecule has 0 aliphatic rings. The van der Waals surface area contributed by atoms with Crippen LogP contribution in [0.2, 0.25) is 0 Å². The molecule has 0 aliphatic heterocycles. The van der Waals surface area contributed by atoms with Gasteiger partial charge in [0.2, 0.25) is 0 Å². The van der Waals surface area contributed by atoms with E-state index in [0.717, 1.165) is 0 Å². The van der Waals surface area contributed by atoms with Gasteiger partial charge in [-0.1, -0.05) is 152 Å². The third-order valence-electron chi connectivity index (χ3n) is 10.2. The van der Waals surface area contributed by atoms with Crippen LogP contribution < -0.4 is 0 Å². The van der Waals surface area contributed by atoms with Gasteiger partial charge in [-0.15, -0.1) is 9.24 Å². The zero-order valence-electron chi connectivity index (χ0n) is 29.7. The molecule has 10 aromatic rings. The first-order valence-electron chi connectivity index (χ1n) is 18.3. The van der Waals surface area contributed by atoms with Crippen molar-refractivity contribution in [1.82, 2.24) is 9.13 Å². The molecule has 3 heteroatoms. The summed E-state index contributed by atoms with van der Waals surface area (Å²) >= 11 is 0. The molecule has 1 unspecified atom stereocenters. The van der Waals surface area contributed by atoms with Crippen LogP contribution in [0, 0.1) is 0 Å². The first kappa shape index (κ1) is 30.6. The fourth-order valence-corrected chi connectivity index (χ4v) is 7.72. The van der Waals surface area contributed by atoms with Crippen molar-refractivity contribution in [2.75, 3.05) is 6.64 Å². The van der Waals surface area contributed by atoms with E-state index in [1.165, 1.54) is 88.4 Å². The highest BCUT2D eigenvalue weighted by Gasteiger charge is 2.13. The molecule has 2 aromatic heterocycles. The van der Waals surface area contributed by atoms with Crippen molar-refractivity contribution < 1.29 is 1.37 Å². The molecule has 0 amide bonds. The number of fused-ring (bicyclic) bond motifs is 6. The minimum absolute atomic E-state index is 0.417. The Kier molecular flexibility index (Phi) is 7.94. The van der Waals surface area contributed by atoms with Crippen molar-refractivity contribution >= 4 is 52.9 Å².